The molecule has 1 amide bonds. The molecule has 1 saturated heterocycles. The molecule has 3 aromatic rings. The van der Waals surface area contributed by atoms with Crippen molar-refractivity contribution < 1.29 is 9.21 Å². The predicted octanol–water partition coefficient (Wildman–Crippen LogP) is 4.61. The first-order chi connectivity index (χ1) is 11.7. The number of hydrogen-bond donors (Lipinski definition) is 0. The number of amides is 1. The van der Waals surface area contributed by atoms with Gasteiger partial charge in [-0.15, -0.1) is 0 Å². The molecule has 5 heteroatoms. The molecule has 1 aromatic heterocycles. The molecule has 0 unspecified atom stereocenters. The lowest BCUT2D eigenvalue weighted by atomic mass is 9.96. The van der Waals surface area contributed by atoms with Gasteiger partial charge in [0.1, 0.15) is 5.52 Å². The summed E-state index contributed by atoms with van der Waals surface area (Å²) in [5.41, 5.74) is 2.47. The average Bonchev–Trinajstić information content (AvgIpc) is 3.06. The quantitative estimate of drug-likeness (QED) is 0.647. The second-order valence-corrected chi connectivity index (χ2v) is 7.01. The third-order valence-electron chi connectivity index (χ3n) is 4.53. The second kappa shape index (κ2) is 6.40. The van der Waals surface area contributed by atoms with Crippen LogP contribution in [0.4, 0.5) is 0 Å². The van der Waals surface area contributed by atoms with E-state index < -0.39 is 0 Å². The number of hydrogen-bond acceptors (Lipinski definition) is 3. The average molecular weight is 385 g/mol. The molecule has 1 fully saturated rings. The Morgan fingerprint density at radius 2 is 1.79 bits per heavy atom. The lowest BCUT2D eigenvalue weighted by Gasteiger charge is -2.30. The van der Waals surface area contributed by atoms with Crippen molar-refractivity contribution in [2.75, 3.05) is 13.1 Å². The van der Waals surface area contributed by atoms with Gasteiger partial charge < -0.3 is 9.32 Å². The first kappa shape index (κ1) is 15.4. The van der Waals surface area contributed by atoms with Gasteiger partial charge in [0.15, 0.2) is 11.5 Å². The third-order valence-corrected chi connectivity index (χ3v) is 5.06. The summed E-state index contributed by atoms with van der Waals surface area (Å²) in [6.07, 6.45) is 1.77. The Morgan fingerprint density at radius 1 is 1.08 bits per heavy atom. The molecular weight excluding hydrogens is 368 g/mol. The fourth-order valence-corrected chi connectivity index (χ4v) is 3.43. The zero-order valence-electron chi connectivity index (χ0n) is 13.1. The molecule has 0 saturated carbocycles. The van der Waals surface area contributed by atoms with Crippen molar-refractivity contribution in [3.63, 3.8) is 0 Å². The first-order valence-electron chi connectivity index (χ1n) is 8.11. The van der Waals surface area contributed by atoms with Gasteiger partial charge in [-0.1, -0.05) is 28.1 Å². The Morgan fingerprint density at radius 3 is 2.50 bits per heavy atom. The molecule has 24 heavy (non-hydrogen) atoms. The van der Waals surface area contributed by atoms with Gasteiger partial charge in [0, 0.05) is 29.0 Å². The van der Waals surface area contributed by atoms with Crippen molar-refractivity contribution in [1.82, 2.24) is 9.88 Å². The summed E-state index contributed by atoms with van der Waals surface area (Å²) in [6, 6.07) is 15.4. The highest BCUT2D eigenvalue weighted by atomic mass is 79.9. The van der Waals surface area contributed by atoms with Crippen molar-refractivity contribution in [2.45, 2.75) is 18.8 Å². The van der Waals surface area contributed by atoms with Gasteiger partial charge in [0.25, 0.3) is 5.91 Å². The van der Waals surface area contributed by atoms with Crippen LogP contribution in [-0.4, -0.2) is 28.9 Å². The largest absolute Gasteiger partial charge is 0.440 e. The van der Waals surface area contributed by atoms with E-state index in [1.807, 2.05) is 53.4 Å². The van der Waals surface area contributed by atoms with Crippen LogP contribution < -0.4 is 0 Å². The minimum atomic E-state index is 0.0958. The Labute approximate surface area is 148 Å². The summed E-state index contributed by atoms with van der Waals surface area (Å²) in [5, 5.41) is 0. The lowest BCUT2D eigenvalue weighted by molar-refractivity contribution is 0.0706. The summed E-state index contributed by atoms with van der Waals surface area (Å²) < 4.78 is 6.86. The summed E-state index contributed by atoms with van der Waals surface area (Å²) in [6.45, 7) is 1.47. The molecule has 4 nitrogen and oxygen atoms in total. The molecule has 0 atom stereocenters. The predicted molar refractivity (Wildman–Crippen MR) is 96.0 cm³/mol. The number of carbonyl (C=O) groups excluding carboxylic acids is 1. The van der Waals surface area contributed by atoms with Crippen molar-refractivity contribution in [1.29, 1.82) is 0 Å². The fraction of sp³-hybridized carbons (Fsp3) is 0.263. The highest BCUT2D eigenvalue weighted by Gasteiger charge is 2.27. The lowest BCUT2D eigenvalue weighted by Crippen LogP contribution is -2.37. The van der Waals surface area contributed by atoms with E-state index in [-0.39, 0.29) is 11.8 Å². The normalized spacial score (nSPS) is 15.8. The zero-order valence-corrected chi connectivity index (χ0v) is 14.7. The maximum atomic E-state index is 12.6. The zero-order chi connectivity index (χ0) is 16.5. The number of aromatic nitrogens is 1. The number of oxazole rings is 1. The number of nitrogens with zero attached hydrogens (tertiary/aromatic N) is 2. The maximum absolute atomic E-state index is 12.6. The van der Waals surface area contributed by atoms with Crippen LogP contribution in [0.25, 0.3) is 11.1 Å². The molecule has 0 bridgehead atoms. The third kappa shape index (κ3) is 2.96. The van der Waals surface area contributed by atoms with E-state index in [1.165, 1.54) is 0 Å². The Hall–Kier alpha value is -2.14. The standard InChI is InChI=1S/C19H17BrN2O2/c20-15-7-5-14(6-8-15)19(23)22-11-9-13(10-12-22)18-21-16-3-1-2-4-17(16)24-18/h1-8,13H,9-12H2. The summed E-state index contributed by atoms with van der Waals surface area (Å²) >= 11 is 3.40. The number of para-hydroxylation sites is 2. The van der Waals surface area contributed by atoms with Crippen molar-refractivity contribution in [2.24, 2.45) is 0 Å². The van der Waals surface area contributed by atoms with Crippen LogP contribution in [0.1, 0.15) is 35.0 Å². The van der Waals surface area contributed by atoms with Crippen LogP contribution in [0.15, 0.2) is 57.4 Å². The SMILES string of the molecule is O=C(c1ccc(Br)cc1)N1CCC(c2nc3ccccc3o2)CC1. The molecule has 1 aliphatic rings. The van der Waals surface area contributed by atoms with E-state index in [0.717, 1.165) is 53.0 Å². The minimum Gasteiger partial charge on any atom is -0.440 e. The molecule has 2 heterocycles. The van der Waals surface area contributed by atoms with Gasteiger partial charge in [-0.2, -0.15) is 0 Å². The molecule has 0 radical (unpaired) electrons. The highest BCUT2D eigenvalue weighted by molar-refractivity contribution is 9.10. The molecule has 0 aliphatic carbocycles. The van der Waals surface area contributed by atoms with Crippen LogP contribution in [0, 0.1) is 0 Å². The number of halogens is 1. The van der Waals surface area contributed by atoms with Gasteiger partial charge in [0.05, 0.1) is 0 Å². The first-order valence-corrected chi connectivity index (χ1v) is 8.90. The number of benzene rings is 2. The molecule has 1 aliphatic heterocycles. The van der Waals surface area contributed by atoms with E-state index in [2.05, 4.69) is 20.9 Å². The fourth-order valence-electron chi connectivity index (χ4n) is 3.17. The number of likely N-dealkylation sites (tertiary alicyclic amines) is 1. The van der Waals surface area contributed by atoms with Crippen LogP contribution in [0.3, 0.4) is 0 Å². The van der Waals surface area contributed by atoms with Crippen LogP contribution >= 0.6 is 15.9 Å². The van der Waals surface area contributed by atoms with Gasteiger partial charge in [-0.25, -0.2) is 4.98 Å². The molecular formula is C19H17BrN2O2. The van der Waals surface area contributed by atoms with E-state index in [4.69, 9.17) is 4.42 Å². The van der Waals surface area contributed by atoms with Gasteiger partial charge in [-0.3, -0.25) is 4.79 Å². The van der Waals surface area contributed by atoms with Crippen molar-refractivity contribution in [3.05, 3.63) is 64.5 Å². The van der Waals surface area contributed by atoms with Crippen molar-refractivity contribution >= 4 is 32.9 Å². The highest BCUT2D eigenvalue weighted by Crippen LogP contribution is 2.30. The minimum absolute atomic E-state index is 0.0958. The van der Waals surface area contributed by atoms with E-state index in [1.54, 1.807) is 0 Å². The monoisotopic (exact) mass is 384 g/mol. The number of rotatable bonds is 2. The van der Waals surface area contributed by atoms with Crippen LogP contribution in [-0.2, 0) is 0 Å². The summed E-state index contributed by atoms with van der Waals surface area (Å²) in [7, 11) is 0. The number of fused-ring (bicyclic) bond motifs is 1. The van der Waals surface area contributed by atoms with Gasteiger partial charge >= 0.3 is 0 Å². The van der Waals surface area contributed by atoms with E-state index in [9.17, 15) is 4.79 Å². The molecule has 2 aromatic carbocycles. The van der Waals surface area contributed by atoms with Crippen LogP contribution in [0.5, 0.6) is 0 Å². The molecule has 122 valence electrons. The van der Waals surface area contributed by atoms with Crippen molar-refractivity contribution in [3.8, 4) is 0 Å². The Balaban J connectivity index is 1.44. The molecule has 0 spiro atoms. The summed E-state index contributed by atoms with van der Waals surface area (Å²) in [4.78, 5) is 19.1. The molecule has 4 rings (SSSR count). The van der Waals surface area contributed by atoms with Gasteiger partial charge in [-0.05, 0) is 49.2 Å². The number of carbonyl (C=O) groups is 1. The van der Waals surface area contributed by atoms with E-state index >= 15 is 0 Å². The Bertz CT molecular complexity index is 831. The van der Waals surface area contributed by atoms with Gasteiger partial charge in [0.2, 0.25) is 0 Å². The number of piperidine rings is 1. The summed E-state index contributed by atoms with van der Waals surface area (Å²) in [5.74, 6) is 1.18. The Kier molecular flexibility index (Phi) is 4.10. The van der Waals surface area contributed by atoms with E-state index in [0.29, 0.717) is 0 Å². The maximum Gasteiger partial charge on any atom is 0.253 e. The van der Waals surface area contributed by atoms with Crippen LogP contribution in [0.2, 0.25) is 0 Å². The second-order valence-electron chi connectivity index (χ2n) is 6.09. The smallest absolute Gasteiger partial charge is 0.253 e. The topological polar surface area (TPSA) is 46.3 Å². The molecule has 0 N–H and O–H groups in total.